The molecule has 0 atom stereocenters. The minimum atomic E-state index is 0.907. The van der Waals surface area contributed by atoms with E-state index in [0.29, 0.717) is 0 Å². The van der Waals surface area contributed by atoms with Crippen LogP contribution in [-0.4, -0.2) is 13.7 Å². The van der Waals surface area contributed by atoms with Crippen molar-refractivity contribution in [3.8, 4) is 17.1 Å². The van der Waals surface area contributed by atoms with E-state index in [1.807, 2.05) is 23.5 Å². The summed E-state index contributed by atoms with van der Waals surface area (Å²) in [5.41, 5.74) is 12.5. The first-order valence-electron chi connectivity index (χ1n) is 20.1. The molecule has 14 rings (SSSR count). The molecule has 0 amide bonds. The lowest BCUT2D eigenvalue weighted by molar-refractivity contribution is 0.669. The highest BCUT2D eigenvalue weighted by molar-refractivity contribution is 7.27. The zero-order valence-electron chi connectivity index (χ0n) is 31.6. The van der Waals surface area contributed by atoms with Crippen molar-refractivity contribution in [3.63, 3.8) is 0 Å². The van der Waals surface area contributed by atoms with Gasteiger partial charge in [0.15, 0.2) is 0 Å². The van der Waals surface area contributed by atoms with Gasteiger partial charge in [-0.1, -0.05) is 103 Å². The summed E-state index contributed by atoms with van der Waals surface area (Å²) in [6.45, 7) is 0. The molecule has 274 valence electrons. The zero-order valence-corrected chi connectivity index (χ0v) is 32.4. The second kappa shape index (κ2) is 11.5. The number of rotatable bonds is 3. The lowest BCUT2D eigenvalue weighted by Crippen LogP contribution is -1.95. The summed E-state index contributed by atoms with van der Waals surface area (Å²) >= 11 is 1.93. The largest absolute Gasteiger partial charge is 0.456 e. The van der Waals surface area contributed by atoms with Crippen molar-refractivity contribution in [2.24, 2.45) is 0 Å². The van der Waals surface area contributed by atoms with Crippen LogP contribution in [0.1, 0.15) is 0 Å². The van der Waals surface area contributed by atoms with Crippen molar-refractivity contribution in [2.45, 2.75) is 0 Å². The second-order valence-corrected chi connectivity index (χ2v) is 16.7. The predicted molar refractivity (Wildman–Crippen MR) is 250 cm³/mol. The Bertz CT molecular complexity index is 4080. The fraction of sp³-hybridized carbons (Fsp3) is 0. The molecule has 0 saturated carbocycles. The summed E-state index contributed by atoms with van der Waals surface area (Å²) in [6, 6.07) is 68.5. The molecule has 5 aromatic heterocycles. The van der Waals surface area contributed by atoms with Crippen LogP contribution in [0.4, 0.5) is 0 Å². The average molecular weight is 770 g/mol. The van der Waals surface area contributed by atoms with Crippen LogP contribution in [0.25, 0.3) is 125 Å². The van der Waals surface area contributed by atoms with Crippen LogP contribution in [0.15, 0.2) is 192 Å². The maximum Gasteiger partial charge on any atom is 0.135 e. The van der Waals surface area contributed by atoms with Crippen molar-refractivity contribution in [1.82, 2.24) is 13.7 Å². The van der Waals surface area contributed by atoms with Gasteiger partial charge in [0.25, 0.3) is 0 Å². The molecule has 0 N–H and O–H groups in total. The topological polar surface area (TPSA) is 27.9 Å². The molecule has 0 aliphatic carbocycles. The van der Waals surface area contributed by atoms with E-state index in [-0.39, 0.29) is 0 Å². The number of fused-ring (bicyclic) bond motifs is 17. The number of furan rings is 1. The van der Waals surface area contributed by atoms with Crippen molar-refractivity contribution in [2.75, 3.05) is 0 Å². The van der Waals surface area contributed by atoms with Gasteiger partial charge in [0.1, 0.15) is 11.2 Å². The number of nitrogens with zero attached hydrogens (tertiary/aromatic N) is 3. The van der Waals surface area contributed by atoms with Crippen LogP contribution in [0.5, 0.6) is 0 Å². The van der Waals surface area contributed by atoms with E-state index in [0.717, 1.165) is 33.3 Å². The van der Waals surface area contributed by atoms with Crippen LogP contribution in [-0.2, 0) is 0 Å². The average Bonchev–Trinajstić information content (AvgIpc) is 4.09. The highest BCUT2D eigenvalue weighted by Gasteiger charge is 2.22. The normalized spacial score (nSPS) is 12.4. The molecule has 14 aromatic rings. The Morgan fingerprint density at radius 2 is 0.746 bits per heavy atom. The molecule has 9 aromatic carbocycles. The molecule has 0 bridgehead atoms. The third-order valence-electron chi connectivity index (χ3n) is 12.6. The maximum absolute atomic E-state index is 6.23. The van der Waals surface area contributed by atoms with Gasteiger partial charge in [0.05, 0.1) is 33.1 Å². The summed E-state index contributed by atoms with van der Waals surface area (Å²) < 4.78 is 16.2. The van der Waals surface area contributed by atoms with Crippen molar-refractivity contribution >= 4 is 119 Å². The molecule has 0 aliphatic heterocycles. The molecular formula is C54H31N3OS. The van der Waals surface area contributed by atoms with Gasteiger partial charge < -0.3 is 18.1 Å². The first-order valence-corrected chi connectivity index (χ1v) is 20.9. The summed E-state index contributed by atoms with van der Waals surface area (Å²) in [7, 11) is 0. The summed E-state index contributed by atoms with van der Waals surface area (Å²) in [4.78, 5) is 0. The van der Waals surface area contributed by atoms with Gasteiger partial charge in [-0.15, -0.1) is 11.3 Å². The van der Waals surface area contributed by atoms with Crippen molar-refractivity contribution in [1.29, 1.82) is 0 Å². The van der Waals surface area contributed by atoms with Gasteiger partial charge >= 0.3 is 0 Å². The van der Waals surface area contributed by atoms with Gasteiger partial charge in [-0.05, 0) is 84.9 Å². The Balaban J connectivity index is 1.03. The lowest BCUT2D eigenvalue weighted by atomic mass is 10.1. The molecular weight excluding hydrogens is 739 g/mol. The van der Waals surface area contributed by atoms with Crippen LogP contribution in [0, 0.1) is 0 Å². The second-order valence-electron chi connectivity index (χ2n) is 15.6. The number of hydrogen-bond donors (Lipinski definition) is 0. The molecule has 4 nitrogen and oxygen atoms in total. The number of para-hydroxylation sites is 5. The van der Waals surface area contributed by atoms with Crippen LogP contribution in [0.3, 0.4) is 0 Å². The van der Waals surface area contributed by atoms with Crippen LogP contribution in [0.2, 0.25) is 0 Å². The number of hydrogen-bond acceptors (Lipinski definition) is 2. The Morgan fingerprint density at radius 3 is 1.41 bits per heavy atom. The van der Waals surface area contributed by atoms with E-state index < -0.39 is 0 Å². The fourth-order valence-electron chi connectivity index (χ4n) is 10.2. The van der Waals surface area contributed by atoms with E-state index >= 15 is 0 Å². The molecule has 0 aliphatic rings. The minimum absolute atomic E-state index is 0.907. The van der Waals surface area contributed by atoms with E-state index in [1.165, 1.54) is 91.3 Å². The van der Waals surface area contributed by atoms with E-state index in [2.05, 4.69) is 190 Å². The Morgan fingerprint density at radius 1 is 0.288 bits per heavy atom. The van der Waals surface area contributed by atoms with Gasteiger partial charge in [-0.25, -0.2) is 0 Å². The van der Waals surface area contributed by atoms with Gasteiger partial charge in [-0.3, -0.25) is 0 Å². The maximum atomic E-state index is 6.23. The highest BCUT2D eigenvalue weighted by Crippen LogP contribution is 2.48. The molecule has 0 fully saturated rings. The highest BCUT2D eigenvalue weighted by atomic mass is 32.1. The number of thiophene rings is 1. The van der Waals surface area contributed by atoms with E-state index in [9.17, 15) is 0 Å². The molecule has 0 saturated heterocycles. The smallest absolute Gasteiger partial charge is 0.135 e. The zero-order chi connectivity index (χ0) is 38.3. The van der Waals surface area contributed by atoms with Gasteiger partial charge in [-0.2, -0.15) is 0 Å². The molecule has 0 unspecified atom stereocenters. The standard InChI is InChI=1S/C54H31N3OS/c1-2-12-32(13-3-1)55-43-18-8-4-14-35(43)41-30-33(22-26-46(41)55)56-44-19-9-5-16-39(44)51-47(56)27-24-37-38-25-28-48-52(54(38)59-53(37)51)40-17-6-10-20-45(40)57(48)34-23-29-50-42(31-34)36-15-7-11-21-49(36)58-50/h1-31H. The van der Waals surface area contributed by atoms with Gasteiger partial charge in [0, 0.05) is 80.3 Å². The van der Waals surface area contributed by atoms with E-state index in [4.69, 9.17) is 4.42 Å². The van der Waals surface area contributed by atoms with Crippen molar-refractivity contribution < 1.29 is 4.42 Å². The number of aromatic nitrogens is 3. The lowest BCUT2D eigenvalue weighted by Gasteiger charge is -2.10. The molecule has 0 radical (unpaired) electrons. The van der Waals surface area contributed by atoms with E-state index in [1.54, 1.807) is 0 Å². The Hall–Kier alpha value is -7.60. The monoisotopic (exact) mass is 769 g/mol. The summed E-state index contributed by atoms with van der Waals surface area (Å²) in [5, 5.41) is 12.5. The SMILES string of the molecule is c1ccc(-n2c3ccccc3c3cc(-n4c5ccccc5c5c6sc7c(ccc8c7c7ccccc7n8-c7ccc8oc9ccccc9c8c7)c6ccc54)ccc32)cc1. The summed E-state index contributed by atoms with van der Waals surface area (Å²) in [5.74, 6) is 0. The fourth-order valence-corrected chi connectivity index (χ4v) is 11.6. The quantitative estimate of drug-likeness (QED) is 0.176. The van der Waals surface area contributed by atoms with Crippen LogP contribution < -0.4 is 0 Å². The predicted octanol–water partition coefficient (Wildman–Crippen LogP) is 15.2. The van der Waals surface area contributed by atoms with Gasteiger partial charge in [0.2, 0.25) is 0 Å². The minimum Gasteiger partial charge on any atom is -0.456 e. The first kappa shape index (κ1) is 31.5. The molecule has 59 heavy (non-hydrogen) atoms. The van der Waals surface area contributed by atoms with Crippen molar-refractivity contribution in [3.05, 3.63) is 188 Å². The third-order valence-corrected chi connectivity index (χ3v) is 13.9. The molecule has 5 heterocycles. The Kier molecular flexibility index (Phi) is 6.14. The summed E-state index contributed by atoms with van der Waals surface area (Å²) in [6.07, 6.45) is 0. The third kappa shape index (κ3) is 4.16. The Labute approximate surface area is 340 Å². The number of benzene rings is 9. The molecule has 5 heteroatoms. The molecule has 0 spiro atoms. The van der Waals surface area contributed by atoms with Crippen LogP contribution >= 0.6 is 11.3 Å². The first-order chi connectivity index (χ1) is 29.3.